The lowest BCUT2D eigenvalue weighted by Gasteiger charge is -2.20. The molecule has 0 aromatic heterocycles. The van der Waals surface area contributed by atoms with Crippen LogP contribution in [0.15, 0.2) is 42.5 Å². The minimum Gasteiger partial charge on any atom is -0.495 e. The number of anilines is 2. The molecule has 2 amide bonds. The van der Waals surface area contributed by atoms with Crippen LogP contribution in [-0.2, 0) is 15.8 Å². The molecule has 1 N–H and O–H groups in total. The van der Waals surface area contributed by atoms with Gasteiger partial charge in [0, 0.05) is 18.7 Å². The van der Waals surface area contributed by atoms with E-state index in [0.717, 1.165) is 17.7 Å². The molecule has 28 heavy (non-hydrogen) atoms. The molecule has 0 radical (unpaired) electrons. The average molecular weight is 392 g/mol. The van der Waals surface area contributed by atoms with Crippen molar-refractivity contribution in [3.63, 3.8) is 0 Å². The number of hydrogen-bond donors (Lipinski definition) is 1. The number of ether oxygens (including phenoxy) is 1. The zero-order valence-electron chi connectivity index (χ0n) is 15.3. The summed E-state index contributed by atoms with van der Waals surface area (Å²) in [6.07, 6.45) is -4.52. The first-order valence-corrected chi connectivity index (χ1v) is 8.62. The van der Waals surface area contributed by atoms with Crippen LogP contribution in [0, 0.1) is 12.8 Å². The smallest absolute Gasteiger partial charge is 0.416 e. The molecule has 1 fully saturated rings. The Hall–Kier alpha value is -3.03. The van der Waals surface area contributed by atoms with Gasteiger partial charge in [0.25, 0.3) is 0 Å². The third-order valence-electron chi connectivity index (χ3n) is 4.58. The fourth-order valence-electron chi connectivity index (χ4n) is 3.14. The summed E-state index contributed by atoms with van der Waals surface area (Å²) in [6, 6.07) is 9.79. The summed E-state index contributed by atoms with van der Waals surface area (Å²) in [5, 5.41) is 2.48. The zero-order chi connectivity index (χ0) is 20.5. The minimum absolute atomic E-state index is 0.0259. The SMILES string of the molecule is COc1ccc(C)cc1N1CC(C(=O)Nc2cccc(C(F)(F)F)c2)CC1=O. The van der Waals surface area contributed by atoms with Crippen molar-refractivity contribution in [3.05, 3.63) is 53.6 Å². The van der Waals surface area contributed by atoms with E-state index in [1.54, 1.807) is 12.1 Å². The van der Waals surface area contributed by atoms with Gasteiger partial charge in [0.15, 0.2) is 0 Å². The van der Waals surface area contributed by atoms with Crippen molar-refractivity contribution in [2.45, 2.75) is 19.5 Å². The van der Waals surface area contributed by atoms with Crippen molar-refractivity contribution in [2.24, 2.45) is 5.92 Å². The van der Waals surface area contributed by atoms with Crippen molar-refractivity contribution in [1.29, 1.82) is 0 Å². The molecule has 2 aromatic carbocycles. The molecule has 0 aliphatic carbocycles. The summed E-state index contributed by atoms with van der Waals surface area (Å²) in [4.78, 5) is 26.4. The Labute approximate surface area is 160 Å². The molecule has 1 aliphatic rings. The first kappa shape index (κ1) is 19.7. The van der Waals surface area contributed by atoms with Crippen LogP contribution in [0.3, 0.4) is 0 Å². The number of carbonyl (C=O) groups is 2. The van der Waals surface area contributed by atoms with Gasteiger partial charge in [-0.25, -0.2) is 0 Å². The molecule has 1 saturated heterocycles. The highest BCUT2D eigenvalue weighted by atomic mass is 19.4. The third-order valence-corrected chi connectivity index (χ3v) is 4.58. The molecule has 2 aromatic rings. The summed E-state index contributed by atoms with van der Waals surface area (Å²) in [5.74, 6) is -0.903. The van der Waals surface area contributed by atoms with E-state index in [9.17, 15) is 22.8 Å². The van der Waals surface area contributed by atoms with Crippen molar-refractivity contribution in [3.8, 4) is 5.75 Å². The van der Waals surface area contributed by atoms with E-state index in [1.807, 2.05) is 13.0 Å². The van der Waals surface area contributed by atoms with Crippen molar-refractivity contribution < 1.29 is 27.5 Å². The topological polar surface area (TPSA) is 58.6 Å². The van der Waals surface area contributed by atoms with E-state index in [1.165, 1.54) is 24.1 Å². The lowest BCUT2D eigenvalue weighted by molar-refractivity contribution is -0.137. The number of benzene rings is 2. The Balaban J connectivity index is 1.75. The number of aryl methyl sites for hydroxylation is 1. The lowest BCUT2D eigenvalue weighted by atomic mass is 10.1. The molecule has 1 heterocycles. The van der Waals surface area contributed by atoms with Crippen molar-refractivity contribution in [1.82, 2.24) is 0 Å². The Morgan fingerprint density at radius 2 is 1.96 bits per heavy atom. The maximum Gasteiger partial charge on any atom is 0.416 e. The van der Waals surface area contributed by atoms with E-state index in [4.69, 9.17) is 4.74 Å². The maximum atomic E-state index is 12.8. The normalized spacial score (nSPS) is 17.0. The second-order valence-corrected chi connectivity index (χ2v) is 6.65. The molecule has 3 rings (SSSR count). The minimum atomic E-state index is -4.50. The predicted molar refractivity (Wildman–Crippen MR) is 98.3 cm³/mol. The van der Waals surface area contributed by atoms with E-state index in [-0.39, 0.29) is 24.6 Å². The molecule has 0 bridgehead atoms. The Bertz CT molecular complexity index is 912. The molecule has 1 atom stereocenters. The summed E-state index contributed by atoms with van der Waals surface area (Å²) in [5.41, 5.74) is 0.695. The van der Waals surface area contributed by atoms with Crippen LogP contribution in [-0.4, -0.2) is 25.5 Å². The maximum absolute atomic E-state index is 12.8. The van der Waals surface area contributed by atoms with Gasteiger partial charge in [0.1, 0.15) is 5.75 Å². The van der Waals surface area contributed by atoms with Gasteiger partial charge in [0.2, 0.25) is 11.8 Å². The van der Waals surface area contributed by atoms with Crippen LogP contribution in [0.4, 0.5) is 24.5 Å². The van der Waals surface area contributed by atoms with Gasteiger partial charge in [-0.3, -0.25) is 9.59 Å². The second kappa shape index (κ2) is 7.53. The Morgan fingerprint density at radius 3 is 2.64 bits per heavy atom. The molecular weight excluding hydrogens is 373 g/mol. The molecule has 0 saturated carbocycles. The van der Waals surface area contributed by atoms with Crippen LogP contribution in [0.2, 0.25) is 0 Å². The number of amides is 2. The first-order chi connectivity index (χ1) is 13.2. The number of nitrogens with zero attached hydrogens (tertiary/aromatic N) is 1. The van der Waals surface area contributed by atoms with E-state index < -0.39 is 23.6 Å². The number of methoxy groups -OCH3 is 1. The highest BCUT2D eigenvalue weighted by Crippen LogP contribution is 2.35. The summed E-state index contributed by atoms with van der Waals surface area (Å²) in [7, 11) is 1.49. The van der Waals surface area contributed by atoms with Gasteiger partial charge in [-0.15, -0.1) is 0 Å². The van der Waals surface area contributed by atoms with Crippen LogP contribution < -0.4 is 15.0 Å². The first-order valence-electron chi connectivity index (χ1n) is 8.62. The van der Waals surface area contributed by atoms with Crippen LogP contribution in [0.5, 0.6) is 5.75 Å². The van der Waals surface area contributed by atoms with Gasteiger partial charge in [-0.1, -0.05) is 12.1 Å². The average Bonchev–Trinajstić information content (AvgIpc) is 3.03. The molecule has 148 valence electrons. The molecule has 5 nitrogen and oxygen atoms in total. The number of rotatable bonds is 4. The standard InChI is InChI=1S/C20H19F3N2O3/c1-12-6-7-17(28-2)16(8-12)25-11-13(9-18(25)26)19(27)24-15-5-3-4-14(10-15)20(21,22)23/h3-8,10,13H,9,11H2,1-2H3,(H,24,27). The molecule has 1 unspecified atom stereocenters. The number of halogens is 3. The van der Waals surface area contributed by atoms with E-state index >= 15 is 0 Å². The highest BCUT2D eigenvalue weighted by Gasteiger charge is 2.37. The molecular formula is C20H19F3N2O3. The van der Waals surface area contributed by atoms with Crippen molar-refractivity contribution in [2.75, 3.05) is 23.9 Å². The fourth-order valence-corrected chi connectivity index (χ4v) is 3.14. The number of alkyl halides is 3. The number of carbonyl (C=O) groups excluding carboxylic acids is 2. The van der Waals surface area contributed by atoms with Gasteiger partial charge < -0.3 is 15.0 Å². The molecule has 1 aliphatic heterocycles. The van der Waals surface area contributed by atoms with Crippen LogP contribution in [0.25, 0.3) is 0 Å². The van der Waals surface area contributed by atoms with Gasteiger partial charge in [-0.05, 0) is 42.8 Å². The monoisotopic (exact) mass is 392 g/mol. The zero-order valence-corrected chi connectivity index (χ0v) is 15.3. The van der Waals surface area contributed by atoms with Gasteiger partial charge in [0.05, 0.1) is 24.3 Å². The third kappa shape index (κ3) is 4.11. The largest absolute Gasteiger partial charge is 0.495 e. The Kier molecular flexibility index (Phi) is 5.31. The highest BCUT2D eigenvalue weighted by molar-refractivity contribution is 6.04. The lowest BCUT2D eigenvalue weighted by Crippen LogP contribution is -2.28. The molecule has 8 heteroatoms. The van der Waals surface area contributed by atoms with Crippen LogP contribution >= 0.6 is 0 Å². The molecule has 0 spiro atoms. The summed E-state index contributed by atoms with van der Waals surface area (Å²) >= 11 is 0. The predicted octanol–water partition coefficient (Wildman–Crippen LogP) is 4.01. The van der Waals surface area contributed by atoms with E-state index in [2.05, 4.69) is 5.32 Å². The number of nitrogens with one attached hydrogen (secondary N) is 1. The van der Waals surface area contributed by atoms with E-state index in [0.29, 0.717) is 11.4 Å². The van der Waals surface area contributed by atoms with Gasteiger partial charge in [-0.2, -0.15) is 13.2 Å². The second-order valence-electron chi connectivity index (χ2n) is 6.65. The van der Waals surface area contributed by atoms with Gasteiger partial charge >= 0.3 is 6.18 Å². The Morgan fingerprint density at radius 1 is 1.21 bits per heavy atom. The number of hydrogen-bond acceptors (Lipinski definition) is 3. The quantitative estimate of drug-likeness (QED) is 0.855. The van der Waals surface area contributed by atoms with Crippen LogP contribution in [0.1, 0.15) is 17.5 Å². The fraction of sp³-hybridized carbons (Fsp3) is 0.300. The summed E-state index contributed by atoms with van der Waals surface area (Å²) < 4.78 is 43.8. The van der Waals surface area contributed by atoms with Crippen molar-refractivity contribution >= 4 is 23.2 Å². The summed E-state index contributed by atoms with van der Waals surface area (Å²) in [6.45, 7) is 2.00.